The number of fused-ring (bicyclic) bond motifs is 1. The van der Waals surface area contributed by atoms with E-state index in [1.54, 1.807) is 23.5 Å². The van der Waals surface area contributed by atoms with Crippen LogP contribution in [0.25, 0.3) is 20.8 Å². The molecule has 0 amide bonds. The highest BCUT2D eigenvalue weighted by Gasteiger charge is 2.33. The molecule has 0 saturated heterocycles. The first-order valence-corrected chi connectivity index (χ1v) is 9.06. The highest BCUT2D eigenvalue weighted by atomic mass is 32.1. The molecule has 1 heterocycles. The van der Waals surface area contributed by atoms with E-state index in [9.17, 15) is 18.3 Å². The Bertz CT molecular complexity index is 1140. The summed E-state index contributed by atoms with van der Waals surface area (Å²) in [5.41, 5.74) is 12.0. The molecule has 0 spiro atoms. The third kappa shape index (κ3) is 4.88. The van der Waals surface area contributed by atoms with Crippen LogP contribution in [0.4, 0.5) is 24.5 Å². The van der Waals surface area contributed by atoms with E-state index >= 15 is 0 Å². The van der Waals surface area contributed by atoms with Crippen LogP contribution in [0.15, 0.2) is 60.7 Å². The minimum atomic E-state index is -4.51. The first-order chi connectivity index (χ1) is 13.6. The number of anilines is 2. The standard InChI is InChI=1S/C13H10N2OS.C7H6F3NO/c14-9-3-1-8(2-4-9)13-15-11-6-5-10(16)7-12(11)17-13;8-7(9,10)5-3-4(12)1-2-6(5)11/h1-7,16H,14H2;1-3,12H,11H2. The molecule has 0 atom stereocenters. The second-order valence-electron chi connectivity index (χ2n) is 6.06. The number of rotatable bonds is 1. The third-order valence-electron chi connectivity index (χ3n) is 3.87. The molecule has 5 nitrogen and oxygen atoms in total. The Labute approximate surface area is 167 Å². The molecule has 4 rings (SSSR count). The Morgan fingerprint density at radius 1 is 0.828 bits per heavy atom. The van der Waals surface area contributed by atoms with Crippen LogP contribution in [0.5, 0.6) is 11.5 Å². The number of aromatic hydroxyl groups is 2. The van der Waals surface area contributed by atoms with Crippen molar-refractivity contribution in [2.24, 2.45) is 0 Å². The summed E-state index contributed by atoms with van der Waals surface area (Å²) >= 11 is 1.56. The number of halogens is 3. The predicted octanol–water partition coefficient (Wildman–Crippen LogP) is 5.24. The molecule has 0 aliphatic rings. The summed E-state index contributed by atoms with van der Waals surface area (Å²) in [5, 5.41) is 19.1. The number of hydrogen-bond acceptors (Lipinski definition) is 6. The Kier molecular flexibility index (Phi) is 5.51. The molecule has 0 unspecified atom stereocenters. The molecule has 9 heteroatoms. The minimum Gasteiger partial charge on any atom is -0.508 e. The van der Waals surface area contributed by atoms with Gasteiger partial charge in [0.1, 0.15) is 16.5 Å². The Balaban J connectivity index is 0.000000177. The smallest absolute Gasteiger partial charge is 0.418 e. The number of nitrogens with two attached hydrogens (primary N) is 2. The summed E-state index contributed by atoms with van der Waals surface area (Å²) in [4.78, 5) is 4.52. The number of thiazole rings is 1. The molecule has 0 fully saturated rings. The summed E-state index contributed by atoms with van der Waals surface area (Å²) in [7, 11) is 0. The molecule has 0 aliphatic heterocycles. The molecule has 29 heavy (non-hydrogen) atoms. The molecular formula is C20H16F3N3O2S. The minimum absolute atomic E-state index is 0.269. The van der Waals surface area contributed by atoms with E-state index in [0.29, 0.717) is 6.07 Å². The van der Waals surface area contributed by atoms with Crippen LogP contribution in [0.2, 0.25) is 0 Å². The van der Waals surface area contributed by atoms with Gasteiger partial charge in [-0.05, 0) is 60.7 Å². The summed E-state index contributed by atoms with van der Waals surface area (Å²) in [6, 6.07) is 15.5. The fourth-order valence-electron chi connectivity index (χ4n) is 2.45. The van der Waals surface area contributed by atoms with Crippen LogP contribution in [-0.4, -0.2) is 15.2 Å². The maximum absolute atomic E-state index is 12.0. The monoisotopic (exact) mass is 419 g/mol. The lowest BCUT2D eigenvalue weighted by atomic mass is 10.1. The molecule has 6 N–H and O–H groups in total. The van der Waals surface area contributed by atoms with Crippen molar-refractivity contribution < 1.29 is 23.4 Å². The van der Waals surface area contributed by atoms with Crippen molar-refractivity contribution in [3.05, 3.63) is 66.2 Å². The average molecular weight is 419 g/mol. The number of phenols is 2. The molecule has 0 saturated carbocycles. The van der Waals surface area contributed by atoms with Gasteiger partial charge in [0, 0.05) is 16.9 Å². The van der Waals surface area contributed by atoms with E-state index in [1.807, 2.05) is 30.3 Å². The van der Waals surface area contributed by atoms with Gasteiger partial charge in [0.05, 0.1) is 15.8 Å². The fraction of sp³-hybridized carbons (Fsp3) is 0.0500. The number of phenolic OH excluding ortho intramolecular Hbond substituents is 2. The van der Waals surface area contributed by atoms with Crippen LogP contribution < -0.4 is 11.5 Å². The largest absolute Gasteiger partial charge is 0.508 e. The van der Waals surface area contributed by atoms with Crippen LogP contribution in [0.1, 0.15) is 5.56 Å². The first kappa shape index (κ1) is 20.3. The van der Waals surface area contributed by atoms with Gasteiger partial charge >= 0.3 is 6.18 Å². The Morgan fingerprint density at radius 2 is 1.45 bits per heavy atom. The van der Waals surface area contributed by atoms with E-state index in [1.165, 1.54) is 0 Å². The van der Waals surface area contributed by atoms with Crippen molar-refractivity contribution in [1.29, 1.82) is 0 Å². The average Bonchev–Trinajstić information content (AvgIpc) is 3.07. The number of aromatic nitrogens is 1. The zero-order valence-electron chi connectivity index (χ0n) is 14.8. The van der Waals surface area contributed by atoms with Gasteiger partial charge in [0.2, 0.25) is 0 Å². The SMILES string of the molecule is Nc1ccc(-c2nc3ccc(O)cc3s2)cc1.Nc1ccc(O)cc1C(F)(F)F. The maximum atomic E-state index is 12.0. The highest BCUT2D eigenvalue weighted by Crippen LogP contribution is 2.35. The number of alkyl halides is 3. The zero-order valence-corrected chi connectivity index (χ0v) is 15.6. The lowest BCUT2D eigenvalue weighted by molar-refractivity contribution is -0.137. The first-order valence-electron chi connectivity index (χ1n) is 8.24. The topological polar surface area (TPSA) is 105 Å². The fourth-order valence-corrected chi connectivity index (χ4v) is 3.46. The lowest BCUT2D eigenvalue weighted by Crippen LogP contribution is -2.08. The molecule has 0 radical (unpaired) electrons. The van der Waals surface area contributed by atoms with Crippen molar-refractivity contribution >= 4 is 32.9 Å². The molecule has 150 valence electrons. The van der Waals surface area contributed by atoms with Gasteiger partial charge in [-0.3, -0.25) is 0 Å². The van der Waals surface area contributed by atoms with Crippen LogP contribution in [0, 0.1) is 0 Å². The van der Waals surface area contributed by atoms with Gasteiger partial charge in [-0.2, -0.15) is 13.2 Å². The second-order valence-corrected chi connectivity index (χ2v) is 7.09. The van der Waals surface area contributed by atoms with Crippen LogP contribution >= 0.6 is 11.3 Å². The maximum Gasteiger partial charge on any atom is 0.418 e. The summed E-state index contributed by atoms with van der Waals surface area (Å²) in [6.07, 6.45) is -4.51. The van der Waals surface area contributed by atoms with Gasteiger partial charge in [-0.25, -0.2) is 4.98 Å². The van der Waals surface area contributed by atoms with Crippen molar-refractivity contribution in [1.82, 2.24) is 4.98 Å². The van der Waals surface area contributed by atoms with E-state index in [2.05, 4.69) is 4.98 Å². The van der Waals surface area contributed by atoms with Crippen LogP contribution in [0.3, 0.4) is 0 Å². The number of nitrogen functional groups attached to an aromatic ring is 2. The third-order valence-corrected chi connectivity index (χ3v) is 4.94. The highest BCUT2D eigenvalue weighted by molar-refractivity contribution is 7.21. The zero-order chi connectivity index (χ0) is 21.2. The van der Waals surface area contributed by atoms with Crippen LogP contribution in [-0.2, 0) is 6.18 Å². The van der Waals surface area contributed by atoms with E-state index < -0.39 is 17.5 Å². The normalized spacial score (nSPS) is 11.1. The number of nitrogens with zero attached hydrogens (tertiary/aromatic N) is 1. The Morgan fingerprint density at radius 3 is 2.07 bits per heavy atom. The van der Waals surface area contributed by atoms with Crippen molar-refractivity contribution in [2.75, 3.05) is 11.5 Å². The molecule has 0 aliphatic carbocycles. The van der Waals surface area contributed by atoms with Gasteiger partial charge in [-0.15, -0.1) is 11.3 Å². The molecule has 0 bridgehead atoms. The molecule has 3 aromatic carbocycles. The lowest BCUT2D eigenvalue weighted by Gasteiger charge is -2.09. The van der Waals surface area contributed by atoms with Gasteiger partial charge < -0.3 is 21.7 Å². The van der Waals surface area contributed by atoms with Crippen molar-refractivity contribution in [2.45, 2.75) is 6.18 Å². The predicted molar refractivity (Wildman–Crippen MR) is 109 cm³/mol. The van der Waals surface area contributed by atoms with Gasteiger partial charge in [0.25, 0.3) is 0 Å². The van der Waals surface area contributed by atoms with E-state index in [4.69, 9.17) is 16.6 Å². The quantitative estimate of drug-likeness (QED) is 0.249. The van der Waals surface area contributed by atoms with Crippen molar-refractivity contribution in [3.8, 4) is 22.1 Å². The molecule has 1 aromatic heterocycles. The van der Waals surface area contributed by atoms with E-state index in [-0.39, 0.29) is 11.4 Å². The van der Waals surface area contributed by atoms with Gasteiger partial charge in [-0.1, -0.05) is 0 Å². The Hall–Kier alpha value is -3.46. The van der Waals surface area contributed by atoms with Gasteiger partial charge in [0.15, 0.2) is 0 Å². The number of hydrogen-bond donors (Lipinski definition) is 4. The summed E-state index contributed by atoms with van der Waals surface area (Å²) in [6.45, 7) is 0. The van der Waals surface area contributed by atoms with Crippen molar-refractivity contribution in [3.63, 3.8) is 0 Å². The second kappa shape index (κ2) is 7.88. The molecular weight excluding hydrogens is 403 g/mol. The number of benzene rings is 3. The molecule has 4 aromatic rings. The summed E-state index contributed by atoms with van der Waals surface area (Å²) in [5.74, 6) is -0.179. The summed E-state index contributed by atoms with van der Waals surface area (Å²) < 4.78 is 37.1. The van der Waals surface area contributed by atoms with E-state index in [0.717, 1.165) is 38.6 Å².